The van der Waals surface area contributed by atoms with Gasteiger partial charge in [0.15, 0.2) is 0 Å². The van der Waals surface area contributed by atoms with Crippen molar-refractivity contribution in [2.45, 2.75) is 43.7 Å². The number of carbonyl (C=O) groups is 1. The van der Waals surface area contributed by atoms with E-state index in [1.807, 2.05) is 42.3 Å². The lowest BCUT2D eigenvalue weighted by Gasteiger charge is -2.36. The normalized spacial score (nSPS) is 22.4. The first kappa shape index (κ1) is 20.9. The number of aliphatic hydroxyl groups excluding tert-OH is 1. The van der Waals surface area contributed by atoms with Gasteiger partial charge in [-0.25, -0.2) is 0 Å². The van der Waals surface area contributed by atoms with E-state index >= 15 is 0 Å². The highest BCUT2D eigenvalue weighted by Gasteiger charge is 2.34. The molecule has 1 N–H and O–H groups in total. The molecule has 0 bridgehead atoms. The maximum atomic E-state index is 13.7. The Bertz CT molecular complexity index is 870. The number of amides is 1. The largest absolute Gasteiger partial charge is 0.497 e. The SMILES string of the molecule is COc1ccc2c(c1)C(C(=O)N(C)[C@H](CN1CC[C@H](O)C1)c1ccccc1)CCC2. The van der Waals surface area contributed by atoms with Crippen LogP contribution in [0.25, 0.3) is 0 Å². The Kier molecular flexibility index (Phi) is 6.40. The van der Waals surface area contributed by atoms with E-state index in [4.69, 9.17) is 4.74 Å². The van der Waals surface area contributed by atoms with Crippen LogP contribution < -0.4 is 4.74 Å². The molecule has 1 fully saturated rings. The number of aryl methyl sites for hydroxylation is 1. The monoisotopic (exact) mass is 408 g/mol. The molecule has 0 radical (unpaired) electrons. The summed E-state index contributed by atoms with van der Waals surface area (Å²) in [7, 11) is 3.60. The average Bonchev–Trinajstić information content (AvgIpc) is 3.21. The molecule has 1 saturated heterocycles. The van der Waals surface area contributed by atoms with Crippen molar-refractivity contribution < 1.29 is 14.6 Å². The fourth-order valence-corrected chi connectivity index (χ4v) is 4.91. The van der Waals surface area contributed by atoms with E-state index in [1.165, 1.54) is 5.56 Å². The topological polar surface area (TPSA) is 53.0 Å². The smallest absolute Gasteiger partial charge is 0.230 e. The Morgan fingerprint density at radius 3 is 2.73 bits per heavy atom. The number of rotatable bonds is 6. The highest BCUT2D eigenvalue weighted by molar-refractivity contribution is 5.85. The first-order chi connectivity index (χ1) is 14.6. The molecule has 1 unspecified atom stereocenters. The number of carbonyl (C=O) groups excluding carboxylic acids is 1. The van der Waals surface area contributed by atoms with Gasteiger partial charge in [-0.2, -0.15) is 0 Å². The molecule has 2 aromatic carbocycles. The van der Waals surface area contributed by atoms with Gasteiger partial charge in [0.05, 0.1) is 25.2 Å². The van der Waals surface area contributed by atoms with E-state index in [2.05, 4.69) is 23.1 Å². The quantitative estimate of drug-likeness (QED) is 0.796. The fraction of sp³-hybridized carbons (Fsp3) is 0.480. The number of benzene rings is 2. The van der Waals surface area contributed by atoms with Crippen molar-refractivity contribution in [3.8, 4) is 5.75 Å². The van der Waals surface area contributed by atoms with Crippen LogP contribution in [-0.4, -0.2) is 60.7 Å². The first-order valence-electron chi connectivity index (χ1n) is 11.0. The zero-order chi connectivity index (χ0) is 21.1. The van der Waals surface area contributed by atoms with Gasteiger partial charge >= 0.3 is 0 Å². The number of methoxy groups -OCH3 is 1. The number of aliphatic hydroxyl groups is 1. The van der Waals surface area contributed by atoms with Crippen LogP contribution in [0.1, 0.15) is 47.9 Å². The van der Waals surface area contributed by atoms with Gasteiger partial charge < -0.3 is 14.7 Å². The summed E-state index contributed by atoms with van der Waals surface area (Å²) >= 11 is 0. The standard InChI is InChI=1S/C25H32N2O3/c1-26(24(19-7-4-3-5-8-19)17-27-14-13-20(28)16-27)25(29)22-10-6-9-18-11-12-21(30-2)15-23(18)22/h3-5,7-8,11-12,15,20,22,24,28H,6,9-10,13-14,16-17H2,1-2H3/t20-,22?,24+/m0/s1. The van der Waals surface area contributed by atoms with Crippen LogP contribution in [0, 0.1) is 0 Å². The third-order valence-electron chi connectivity index (χ3n) is 6.64. The summed E-state index contributed by atoms with van der Waals surface area (Å²) in [5.41, 5.74) is 3.50. The average molecular weight is 409 g/mol. The second-order valence-electron chi connectivity index (χ2n) is 8.59. The van der Waals surface area contributed by atoms with Gasteiger partial charge in [0.25, 0.3) is 0 Å². The van der Waals surface area contributed by atoms with Crippen LogP contribution >= 0.6 is 0 Å². The molecule has 0 saturated carbocycles. The Morgan fingerprint density at radius 1 is 1.23 bits per heavy atom. The molecule has 2 aromatic rings. The van der Waals surface area contributed by atoms with Crippen LogP contribution in [-0.2, 0) is 11.2 Å². The molecule has 2 aliphatic rings. The van der Waals surface area contributed by atoms with E-state index in [9.17, 15) is 9.90 Å². The van der Waals surface area contributed by atoms with Gasteiger partial charge in [-0.3, -0.25) is 9.69 Å². The van der Waals surface area contributed by atoms with Crippen LogP contribution in [0.3, 0.4) is 0 Å². The van der Waals surface area contributed by atoms with Gasteiger partial charge in [0.1, 0.15) is 5.75 Å². The predicted octanol–water partition coefficient (Wildman–Crippen LogP) is 3.38. The van der Waals surface area contributed by atoms with Crippen LogP contribution in [0.2, 0.25) is 0 Å². The maximum absolute atomic E-state index is 13.7. The number of ether oxygens (including phenoxy) is 1. The Hall–Kier alpha value is -2.37. The molecule has 160 valence electrons. The summed E-state index contributed by atoms with van der Waals surface area (Å²) in [6, 6.07) is 16.3. The maximum Gasteiger partial charge on any atom is 0.230 e. The van der Waals surface area contributed by atoms with E-state index in [0.29, 0.717) is 6.54 Å². The number of fused-ring (bicyclic) bond motifs is 1. The van der Waals surface area contributed by atoms with Crippen molar-refractivity contribution in [2.24, 2.45) is 0 Å². The molecule has 1 aliphatic heterocycles. The summed E-state index contributed by atoms with van der Waals surface area (Å²) in [4.78, 5) is 17.9. The summed E-state index contributed by atoms with van der Waals surface area (Å²) in [6.07, 6.45) is 3.45. The first-order valence-corrected chi connectivity index (χ1v) is 11.0. The Morgan fingerprint density at radius 2 is 2.03 bits per heavy atom. The van der Waals surface area contributed by atoms with E-state index in [1.54, 1.807) is 7.11 Å². The van der Waals surface area contributed by atoms with Crippen molar-refractivity contribution in [2.75, 3.05) is 33.8 Å². The molecule has 5 nitrogen and oxygen atoms in total. The number of β-amino-alcohol motifs (C(OH)–C–C–N with tert-alkyl or cyclic N) is 1. The van der Waals surface area contributed by atoms with Crippen LogP contribution in [0.15, 0.2) is 48.5 Å². The summed E-state index contributed by atoms with van der Waals surface area (Å²) in [5.74, 6) is 0.837. The molecule has 1 amide bonds. The summed E-state index contributed by atoms with van der Waals surface area (Å²) < 4.78 is 5.43. The molecular formula is C25H32N2O3. The molecule has 0 spiro atoms. The number of likely N-dealkylation sites (N-methyl/N-ethyl adjacent to an activating group) is 1. The molecule has 1 heterocycles. The zero-order valence-electron chi connectivity index (χ0n) is 18.0. The van der Waals surface area contributed by atoms with Crippen LogP contribution in [0.5, 0.6) is 5.75 Å². The molecule has 4 rings (SSSR count). The van der Waals surface area contributed by atoms with Crippen molar-refractivity contribution >= 4 is 5.91 Å². The van der Waals surface area contributed by atoms with Crippen molar-refractivity contribution in [3.63, 3.8) is 0 Å². The van der Waals surface area contributed by atoms with Gasteiger partial charge in [0.2, 0.25) is 5.91 Å². The minimum atomic E-state index is -0.264. The second-order valence-corrected chi connectivity index (χ2v) is 8.59. The summed E-state index contributed by atoms with van der Waals surface area (Å²) in [6.45, 7) is 2.28. The number of hydrogen-bond acceptors (Lipinski definition) is 4. The predicted molar refractivity (Wildman–Crippen MR) is 118 cm³/mol. The lowest BCUT2D eigenvalue weighted by Crippen LogP contribution is -2.41. The fourth-order valence-electron chi connectivity index (χ4n) is 4.91. The second kappa shape index (κ2) is 9.19. The van der Waals surface area contributed by atoms with Crippen molar-refractivity contribution in [3.05, 3.63) is 65.2 Å². The molecular weight excluding hydrogens is 376 g/mol. The molecule has 3 atom stereocenters. The van der Waals surface area contributed by atoms with Gasteiger partial charge in [-0.15, -0.1) is 0 Å². The van der Waals surface area contributed by atoms with Gasteiger partial charge in [-0.05, 0) is 54.5 Å². The summed E-state index contributed by atoms with van der Waals surface area (Å²) in [5, 5.41) is 9.96. The lowest BCUT2D eigenvalue weighted by molar-refractivity contribution is -0.134. The van der Waals surface area contributed by atoms with Crippen molar-refractivity contribution in [1.29, 1.82) is 0 Å². The number of likely N-dealkylation sites (tertiary alicyclic amines) is 1. The third kappa shape index (κ3) is 4.37. The van der Waals surface area contributed by atoms with E-state index < -0.39 is 0 Å². The van der Waals surface area contributed by atoms with Crippen molar-refractivity contribution in [1.82, 2.24) is 9.80 Å². The molecule has 5 heteroatoms. The Labute approximate surface area is 179 Å². The molecule has 30 heavy (non-hydrogen) atoms. The van der Waals surface area contributed by atoms with E-state index in [-0.39, 0.29) is 24.0 Å². The minimum absolute atomic E-state index is 0.0417. The molecule has 0 aromatic heterocycles. The third-order valence-corrected chi connectivity index (χ3v) is 6.64. The minimum Gasteiger partial charge on any atom is -0.497 e. The highest BCUT2D eigenvalue weighted by atomic mass is 16.5. The number of nitrogens with zero attached hydrogens (tertiary/aromatic N) is 2. The molecule has 1 aliphatic carbocycles. The van der Waals surface area contributed by atoms with Gasteiger partial charge in [-0.1, -0.05) is 36.4 Å². The zero-order valence-corrected chi connectivity index (χ0v) is 18.0. The Balaban J connectivity index is 1.60. The van der Waals surface area contributed by atoms with Crippen LogP contribution in [0.4, 0.5) is 0 Å². The van der Waals surface area contributed by atoms with E-state index in [0.717, 1.165) is 55.6 Å². The lowest BCUT2D eigenvalue weighted by atomic mass is 9.81. The number of hydrogen-bond donors (Lipinski definition) is 1. The van der Waals surface area contributed by atoms with Gasteiger partial charge in [0, 0.05) is 26.7 Å². The highest BCUT2D eigenvalue weighted by Crippen LogP contribution is 2.37.